The van der Waals surface area contributed by atoms with E-state index in [1.165, 1.54) is 16.9 Å². The maximum atomic E-state index is 13.7. The molecule has 36 heavy (non-hydrogen) atoms. The molecule has 0 aliphatic carbocycles. The van der Waals surface area contributed by atoms with Gasteiger partial charge in [0.05, 0.1) is 19.2 Å². The Morgan fingerprint density at radius 1 is 0.917 bits per heavy atom. The number of rotatable bonds is 9. The number of hydrogen-bond acceptors (Lipinski definition) is 4. The van der Waals surface area contributed by atoms with Gasteiger partial charge in [-0.1, -0.05) is 72.8 Å². The summed E-state index contributed by atoms with van der Waals surface area (Å²) in [6.45, 7) is 1.08. The maximum Gasteiger partial charge on any atom is 0.253 e. The van der Waals surface area contributed by atoms with E-state index in [1.807, 2.05) is 60.7 Å². The third kappa shape index (κ3) is 4.75. The van der Waals surface area contributed by atoms with Gasteiger partial charge < -0.3 is 10.2 Å². The third-order valence-electron chi connectivity index (χ3n) is 6.50. The lowest BCUT2D eigenvalue weighted by atomic mass is 9.79. The molecule has 0 radical (unpaired) electrons. The summed E-state index contributed by atoms with van der Waals surface area (Å²) < 4.78 is 13.3. The zero-order valence-corrected chi connectivity index (χ0v) is 19.7. The molecule has 1 N–H and O–H groups in total. The van der Waals surface area contributed by atoms with Crippen molar-refractivity contribution < 1.29 is 14.0 Å². The van der Waals surface area contributed by atoms with Crippen LogP contribution in [0.4, 0.5) is 4.39 Å². The molecule has 0 spiro atoms. The first-order valence-corrected chi connectivity index (χ1v) is 11.9. The molecular formula is C28H26FN5O2. The Hall–Kier alpha value is -4.33. The lowest BCUT2D eigenvalue weighted by Crippen LogP contribution is -2.68. The number of amides is 2. The highest BCUT2D eigenvalue weighted by molar-refractivity contribution is 6.01. The first-order chi connectivity index (χ1) is 17.5. The van der Waals surface area contributed by atoms with Crippen LogP contribution < -0.4 is 5.32 Å². The number of halogens is 1. The largest absolute Gasteiger partial charge is 0.350 e. The van der Waals surface area contributed by atoms with E-state index in [-0.39, 0.29) is 24.1 Å². The van der Waals surface area contributed by atoms with Crippen LogP contribution >= 0.6 is 0 Å². The van der Waals surface area contributed by atoms with Crippen molar-refractivity contribution >= 4 is 11.8 Å². The molecule has 0 bridgehead atoms. The number of carbonyl (C=O) groups excluding carboxylic acids is 2. The molecule has 0 saturated carbocycles. The number of aromatic nitrogens is 3. The molecule has 1 aliphatic heterocycles. The molecule has 3 aromatic carbocycles. The Kier molecular flexibility index (Phi) is 6.58. The van der Waals surface area contributed by atoms with Gasteiger partial charge >= 0.3 is 0 Å². The van der Waals surface area contributed by atoms with Crippen LogP contribution in [-0.4, -0.2) is 38.3 Å². The summed E-state index contributed by atoms with van der Waals surface area (Å²) in [7, 11) is 0. The molecule has 4 aromatic rings. The van der Waals surface area contributed by atoms with Crippen LogP contribution in [0.1, 0.15) is 28.8 Å². The average molecular weight is 484 g/mol. The summed E-state index contributed by atoms with van der Waals surface area (Å²) in [5, 5.41) is 12.0. The van der Waals surface area contributed by atoms with E-state index in [2.05, 4.69) is 15.5 Å². The smallest absolute Gasteiger partial charge is 0.253 e. The first-order valence-electron chi connectivity index (χ1n) is 11.9. The van der Waals surface area contributed by atoms with Gasteiger partial charge in [0.25, 0.3) is 5.91 Å². The first kappa shape index (κ1) is 23.4. The molecule has 0 unspecified atom stereocenters. The van der Waals surface area contributed by atoms with Gasteiger partial charge in [0, 0.05) is 13.1 Å². The van der Waals surface area contributed by atoms with Crippen LogP contribution in [0.25, 0.3) is 0 Å². The highest BCUT2D eigenvalue weighted by atomic mass is 19.1. The van der Waals surface area contributed by atoms with Crippen molar-refractivity contribution in [3.05, 3.63) is 119 Å². The SMILES string of the molecule is O=C1C[C@](C(=O)NCc2ccccc2)(c2cnn(Cc3ccccc3)n2)N1CCc1ccc(F)cc1. The Balaban J connectivity index is 1.40. The molecule has 2 heterocycles. The van der Waals surface area contributed by atoms with Gasteiger partial charge in [-0.05, 0) is 35.2 Å². The van der Waals surface area contributed by atoms with Crippen LogP contribution in [0.2, 0.25) is 0 Å². The van der Waals surface area contributed by atoms with E-state index in [9.17, 15) is 14.0 Å². The summed E-state index contributed by atoms with van der Waals surface area (Å²) in [5.41, 5.74) is 2.04. The van der Waals surface area contributed by atoms with Gasteiger partial charge in [-0.25, -0.2) is 4.39 Å². The number of nitrogens with one attached hydrogen (secondary N) is 1. The zero-order chi connectivity index (χ0) is 25.0. The fourth-order valence-corrected chi connectivity index (χ4v) is 4.52. The molecule has 1 atom stereocenters. The number of benzene rings is 3. The molecule has 5 rings (SSSR count). The Labute approximate surface area is 208 Å². The van der Waals surface area contributed by atoms with Crippen LogP contribution in [0.3, 0.4) is 0 Å². The van der Waals surface area contributed by atoms with Crippen molar-refractivity contribution in [1.82, 2.24) is 25.2 Å². The van der Waals surface area contributed by atoms with E-state index < -0.39 is 5.54 Å². The predicted octanol–water partition coefficient (Wildman–Crippen LogP) is 3.45. The van der Waals surface area contributed by atoms with E-state index in [0.29, 0.717) is 31.7 Å². The van der Waals surface area contributed by atoms with E-state index in [1.54, 1.807) is 23.2 Å². The van der Waals surface area contributed by atoms with Gasteiger partial charge in [-0.3, -0.25) is 9.59 Å². The third-order valence-corrected chi connectivity index (χ3v) is 6.50. The van der Waals surface area contributed by atoms with Gasteiger partial charge in [0.15, 0.2) is 5.54 Å². The quantitative estimate of drug-likeness (QED) is 0.370. The second-order valence-electron chi connectivity index (χ2n) is 8.87. The fraction of sp³-hybridized carbons (Fsp3) is 0.214. The topological polar surface area (TPSA) is 80.1 Å². The number of likely N-dealkylation sites (tertiary alicyclic amines) is 1. The Morgan fingerprint density at radius 2 is 1.58 bits per heavy atom. The monoisotopic (exact) mass is 483 g/mol. The van der Waals surface area contributed by atoms with Crippen molar-refractivity contribution in [1.29, 1.82) is 0 Å². The van der Waals surface area contributed by atoms with Crippen molar-refractivity contribution in [3.63, 3.8) is 0 Å². The highest BCUT2D eigenvalue weighted by Crippen LogP contribution is 2.41. The molecular weight excluding hydrogens is 457 g/mol. The van der Waals surface area contributed by atoms with Gasteiger partial charge in [0.2, 0.25) is 5.91 Å². The Bertz CT molecular complexity index is 1340. The molecule has 2 amide bonds. The Morgan fingerprint density at radius 3 is 2.25 bits per heavy atom. The molecule has 1 saturated heterocycles. The van der Waals surface area contributed by atoms with Crippen LogP contribution in [0.5, 0.6) is 0 Å². The maximum absolute atomic E-state index is 13.7. The van der Waals surface area contributed by atoms with Gasteiger partial charge in [-0.2, -0.15) is 15.0 Å². The lowest BCUT2D eigenvalue weighted by molar-refractivity contribution is -0.168. The average Bonchev–Trinajstić information content (AvgIpc) is 3.36. The second kappa shape index (κ2) is 10.1. The predicted molar refractivity (Wildman–Crippen MR) is 132 cm³/mol. The molecule has 1 aliphatic rings. The van der Waals surface area contributed by atoms with E-state index in [4.69, 9.17) is 0 Å². The van der Waals surface area contributed by atoms with Gasteiger partial charge in [-0.15, -0.1) is 0 Å². The van der Waals surface area contributed by atoms with Crippen LogP contribution in [0.15, 0.2) is 91.1 Å². The minimum Gasteiger partial charge on any atom is -0.350 e. The normalized spacial score (nSPS) is 17.0. The number of carbonyl (C=O) groups is 2. The van der Waals surface area contributed by atoms with Crippen molar-refractivity contribution in [2.24, 2.45) is 0 Å². The minimum absolute atomic E-state index is 0.0150. The summed E-state index contributed by atoms with van der Waals surface area (Å²) in [6.07, 6.45) is 2.07. The summed E-state index contributed by atoms with van der Waals surface area (Å²) in [5.74, 6) is -0.746. The van der Waals surface area contributed by atoms with Crippen LogP contribution in [0, 0.1) is 5.82 Å². The summed E-state index contributed by atoms with van der Waals surface area (Å²) in [6, 6.07) is 25.5. The second-order valence-corrected chi connectivity index (χ2v) is 8.87. The zero-order valence-electron chi connectivity index (χ0n) is 19.7. The van der Waals surface area contributed by atoms with Crippen LogP contribution in [-0.2, 0) is 34.6 Å². The molecule has 1 aromatic heterocycles. The van der Waals surface area contributed by atoms with Crippen molar-refractivity contribution in [2.75, 3.05) is 6.54 Å². The highest BCUT2D eigenvalue weighted by Gasteiger charge is 2.59. The standard InChI is InChI=1S/C28H26FN5O2/c29-24-13-11-21(12-14-24)15-16-33-26(35)17-28(33,27(36)30-18-22-7-3-1-4-8-22)25-19-31-34(32-25)20-23-9-5-2-6-10-23/h1-14,19H,15-18,20H2,(H,30,36)/t28-/m1/s1. The number of nitrogens with zero attached hydrogens (tertiary/aromatic N) is 4. The van der Waals surface area contributed by atoms with E-state index in [0.717, 1.165) is 16.7 Å². The van der Waals surface area contributed by atoms with Crippen molar-refractivity contribution in [3.8, 4) is 0 Å². The molecule has 7 nitrogen and oxygen atoms in total. The summed E-state index contributed by atoms with van der Waals surface area (Å²) >= 11 is 0. The number of β-lactam (4-membered cyclic amide) rings is 1. The molecule has 8 heteroatoms. The fourth-order valence-electron chi connectivity index (χ4n) is 4.52. The lowest BCUT2D eigenvalue weighted by Gasteiger charge is -2.49. The minimum atomic E-state index is -1.25. The van der Waals surface area contributed by atoms with Gasteiger partial charge in [0.1, 0.15) is 11.5 Å². The van der Waals surface area contributed by atoms with E-state index >= 15 is 0 Å². The van der Waals surface area contributed by atoms with Crippen molar-refractivity contribution in [2.45, 2.75) is 31.5 Å². The molecule has 182 valence electrons. The molecule has 1 fully saturated rings. The number of hydrogen-bond donors (Lipinski definition) is 1. The summed E-state index contributed by atoms with van der Waals surface area (Å²) in [4.78, 5) is 29.6.